The highest BCUT2D eigenvalue weighted by Gasteiger charge is 2.37. The van der Waals surface area contributed by atoms with Crippen molar-refractivity contribution in [2.24, 2.45) is 0 Å². The number of nitrogens with zero attached hydrogens (tertiary/aromatic N) is 1. The van der Waals surface area contributed by atoms with Gasteiger partial charge in [-0.05, 0) is 18.6 Å². The van der Waals surface area contributed by atoms with Crippen molar-refractivity contribution in [3.05, 3.63) is 34.4 Å². The summed E-state index contributed by atoms with van der Waals surface area (Å²) in [6.45, 7) is 2.13. The first kappa shape index (κ1) is 10.9. The molecule has 1 aromatic rings. The van der Waals surface area contributed by atoms with Gasteiger partial charge >= 0.3 is 0 Å². The minimum atomic E-state index is -0.418. The fourth-order valence-electron chi connectivity index (χ4n) is 1.61. The third kappa shape index (κ3) is 2.49. The standard InChI is InChI=1S/C11H14N2O3/c1-2-3-10-11(12-10)16-9-6-4-8(5-7-9)13(14)15/h4-7,10-12H,2-3H2,1H3. The summed E-state index contributed by atoms with van der Waals surface area (Å²) in [5.41, 5.74) is 0.0845. The third-order valence-corrected chi connectivity index (χ3v) is 2.54. The first-order valence-corrected chi connectivity index (χ1v) is 5.38. The van der Waals surface area contributed by atoms with E-state index < -0.39 is 4.92 Å². The van der Waals surface area contributed by atoms with Crippen LogP contribution in [0, 0.1) is 10.1 Å². The number of nitrogens with one attached hydrogen (secondary N) is 1. The molecule has 1 saturated heterocycles. The molecule has 5 heteroatoms. The quantitative estimate of drug-likeness (QED) is 0.470. The maximum Gasteiger partial charge on any atom is 0.269 e. The second kappa shape index (κ2) is 4.49. The van der Waals surface area contributed by atoms with Crippen molar-refractivity contribution in [1.29, 1.82) is 0 Å². The Morgan fingerprint density at radius 3 is 2.69 bits per heavy atom. The van der Waals surface area contributed by atoms with E-state index in [1.807, 2.05) is 0 Å². The highest BCUT2D eigenvalue weighted by molar-refractivity contribution is 5.36. The normalized spacial score (nSPS) is 22.8. The summed E-state index contributed by atoms with van der Waals surface area (Å²) in [5, 5.41) is 13.6. The minimum absolute atomic E-state index is 0.0707. The molecule has 1 fully saturated rings. The van der Waals surface area contributed by atoms with Gasteiger partial charge in [0.15, 0.2) is 6.23 Å². The molecule has 1 aromatic carbocycles. The van der Waals surface area contributed by atoms with E-state index >= 15 is 0 Å². The van der Waals surface area contributed by atoms with Gasteiger partial charge in [-0.3, -0.25) is 15.4 Å². The van der Waals surface area contributed by atoms with E-state index in [-0.39, 0.29) is 11.9 Å². The van der Waals surface area contributed by atoms with Crippen molar-refractivity contribution in [3.8, 4) is 5.75 Å². The second-order valence-electron chi connectivity index (χ2n) is 3.85. The van der Waals surface area contributed by atoms with Crippen molar-refractivity contribution in [2.45, 2.75) is 32.0 Å². The van der Waals surface area contributed by atoms with E-state index in [2.05, 4.69) is 12.2 Å². The van der Waals surface area contributed by atoms with Crippen LogP contribution in [-0.4, -0.2) is 17.2 Å². The van der Waals surface area contributed by atoms with Crippen LogP contribution in [0.4, 0.5) is 5.69 Å². The van der Waals surface area contributed by atoms with Crippen LogP contribution >= 0.6 is 0 Å². The smallest absolute Gasteiger partial charge is 0.269 e. The van der Waals surface area contributed by atoms with Crippen LogP contribution in [-0.2, 0) is 0 Å². The van der Waals surface area contributed by atoms with E-state index in [9.17, 15) is 10.1 Å². The molecule has 0 amide bonds. The van der Waals surface area contributed by atoms with E-state index in [1.165, 1.54) is 12.1 Å². The summed E-state index contributed by atoms with van der Waals surface area (Å²) in [6, 6.07) is 6.58. The SMILES string of the molecule is CCCC1NC1Oc1ccc([N+](=O)[O-])cc1. The van der Waals surface area contributed by atoms with Crippen LogP contribution in [0.5, 0.6) is 5.75 Å². The topological polar surface area (TPSA) is 74.3 Å². The fraction of sp³-hybridized carbons (Fsp3) is 0.455. The molecule has 2 atom stereocenters. The van der Waals surface area contributed by atoms with Gasteiger partial charge < -0.3 is 4.74 Å². The summed E-state index contributed by atoms with van der Waals surface area (Å²) in [7, 11) is 0. The maximum atomic E-state index is 10.4. The molecule has 0 bridgehead atoms. The zero-order valence-corrected chi connectivity index (χ0v) is 9.05. The van der Waals surface area contributed by atoms with Gasteiger partial charge in [0.1, 0.15) is 5.75 Å². The Morgan fingerprint density at radius 2 is 2.12 bits per heavy atom. The predicted molar refractivity (Wildman–Crippen MR) is 59.3 cm³/mol. The fourth-order valence-corrected chi connectivity index (χ4v) is 1.61. The molecule has 2 unspecified atom stereocenters. The molecule has 1 aliphatic heterocycles. The molecule has 0 radical (unpaired) electrons. The molecule has 16 heavy (non-hydrogen) atoms. The lowest BCUT2D eigenvalue weighted by atomic mass is 10.2. The molecule has 1 N–H and O–H groups in total. The largest absolute Gasteiger partial charge is 0.474 e. The molecule has 2 rings (SSSR count). The molecule has 1 aliphatic rings. The van der Waals surface area contributed by atoms with Gasteiger partial charge in [-0.15, -0.1) is 0 Å². The van der Waals surface area contributed by atoms with Gasteiger partial charge in [-0.1, -0.05) is 13.3 Å². The average molecular weight is 222 g/mol. The van der Waals surface area contributed by atoms with Crippen molar-refractivity contribution in [3.63, 3.8) is 0 Å². The first-order chi connectivity index (χ1) is 7.70. The summed E-state index contributed by atoms with van der Waals surface area (Å²) in [5.74, 6) is 0.668. The number of ether oxygens (including phenoxy) is 1. The zero-order valence-electron chi connectivity index (χ0n) is 9.05. The monoisotopic (exact) mass is 222 g/mol. The molecule has 1 heterocycles. The van der Waals surface area contributed by atoms with Gasteiger partial charge in [-0.25, -0.2) is 0 Å². The molecular formula is C11H14N2O3. The lowest BCUT2D eigenvalue weighted by Gasteiger charge is -2.02. The highest BCUT2D eigenvalue weighted by atomic mass is 16.6. The lowest BCUT2D eigenvalue weighted by Crippen LogP contribution is -2.04. The van der Waals surface area contributed by atoms with Gasteiger partial charge in [0, 0.05) is 12.1 Å². The Hall–Kier alpha value is -1.62. The number of nitro groups is 1. The third-order valence-electron chi connectivity index (χ3n) is 2.54. The van der Waals surface area contributed by atoms with Crippen LogP contribution in [0.25, 0.3) is 0 Å². The lowest BCUT2D eigenvalue weighted by molar-refractivity contribution is -0.384. The maximum absolute atomic E-state index is 10.4. The zero-order chi connectivity index (χ0) is 11.5. The van der Waals surface area contributed by atoms with Crippen molar-refractivity contribution < 1.29 is 9.66 Å². The Kier molecular flexibility index (Phi) is 3.05. The molecule has 5 nitrogen and oxygen atoms in total. The molecule has 0 spiro atoms. The Labute approximate surface area is 93.6 Å². The summed E-state index contributed by atoms with van der Waals surface area (Å²) in [4.78, 5) is 10.0. The van der Waals surface area contributed by atoms with Crippen LogP contribution < -0.4 is 10.1 Å². The Bertz CT molecular complexity index is 377. The van der Waals surface area contributed by atoms with Crippen LogP contribution in [0.3, 0.4) is 0 Å². The number of non-ortho nitro benzene ring substituents is 1. The number of nitro benzene ring substituents is 1. The van der Waals surface area contributed by atoms with Crippen molar-refractivity contribution in [2.75, 3.05) is 0 Å². The summed E-state index contributed by atoms with van der Waals surface area (Å²) < 4.78 is 5.59. The van der Waals surface area contributed by atoms with E-state index in [4.69, 9.17) is 4.74 Å². The molecule has 86 valence electrons. The highest BCUT2D eigenvalue weighted by Crippen LogP contribution is 2.23. The molecule has 0 aromatic heterocycles. The Morgan fingerprint density at radius 1 is 1.44 bits per heavy atom. The molecule has 0 saturated carbocycles. The van der Waals surface area contributed by atoms with Crippen molar-refractivity contribution >= 4 is 5.69 Å². The predicted octanol–water partition coefficient (Wildman–Crippen LogP) is 2.07. The first-order valence-electron chi connectivity index (χ1n) is 5.38. The summed E-state index contributed by atoms with van der Waals surface area (Å²) in [6.07, 6.45) is 2.29. The number of rotatable bonds is 5. The summed E-state index contributed by atoms with van der Waals surface area (Å²) >= 11 is 0. The number of benzene rings is 1. The van der Waals surface area contributed by atoms with E-state index in [0.717, 1.165) is 12.8 Å². The number of hydrogen-bond donors (Lipinski definition) is 1. The van der Waals surface area contributed by atoms with Crippen molar-refractivity contribution in [1.82, 2.24) is 5.32 Å². The van der Waals surface area contributed by atoms with Crippen LogP contribution in [0.2, 0.25) is 0 Å². The molecular weight excluding hydrogens is 208 g/mol. The van der Waals surface area contributed by atoms with Crippen LogP contribution in [0.15, 0.2) is 24.3 Å². The molecule has 0 aliphatic carbocycles. The Balaban J connectivity index is 1.89. The van der Waals surface area contributed by atoms with E-state index in [1.54, 1.807) is 12.1 Å². The minimum Gasteiger partial charge on any atom is -0.474 e. The van der Waals surface area contributed by atoms with Gasteiger partial charge in [0.2, 0.25) is 0 Å². The average Bonchev–Trinajstić information content (AvgIpc) is 2.98. The van der Waals surface area contributed by atoms with Gasteiger partial charge in [0.05, 0.1) is 11.0 Å². The van der Waals surface area contributed by atoms with Gasteiger partial charge in [0.25, 0.3) is 5.69 Å². The van der Waals surface area contributed by atoms with E-state index in [0.29, 0.717) is 11.8 Å². The van der Waals surface area contributed by atoms with Crippen LogP contribution in [0.1, 0.15) is 19.8 Å². The second-order valence-corrected chi connectivity index (χ2v) is 3.85. The van der Waals surface area contributed by atoms with Gasteiger partial charge in [-0.2, -0.15) is 0 Å². The number of hydrogen-bond acceptors (Lipinski definition) is 4.